The number of anilines is 2. The van der Waals surface area contributed by atoms with Crippen LogP contribution in [0.2, 0.25) is 0 Å². The Balaban J connectivity index is 1.33. The van der Waals surface area contributed by atoms with Gasteiger partial charge in [-0.05, 0) is 41.8 Å². The predicted molar refractivity (Wildman–Crippen MR) is 112 cm³/mol. The number of morpholine rings is 1. The summed E-state index contributed by atoms with van der Waals surface area (Å²) >= 11 is 1.47. The molecule has 7 heteroatoms. The van der Waals surface area contributed by atoms with E-state index in [2.05, 4.69) is 15.5 Å². The molecule has 0 unspecified atom stereocenters. The first-order valence-corrected chi connectivity index (χ1v) is 9.99. The lowest BCUT2D eigenvalue weighted by atomic mass is 10.2. The quantitative estimate of drug-likeness (QED) is 0.694. The average Bonchev–Trinajstić information content (AvgIpc) is 3.15. The van der Waals surface area contributed by atoms with E-state index in [1.807, 2.05) is 30.3 Å². The minimum atomic E-state index is -0.134. The molecule has 2 N–H and O–H groups in total. The number of nitrogens with one attached hydrogen (secondary N) is 2. The van der Waals surface area contributed by atoms with Crippen molar-refractivity contribution in [3.8, 4) is 0 Å². The van der Waals surface area contributed by atoms with E-state index in [-0.39, 0.29) is 11.8 Å². The Kier molecular flexibility index (Phi) is 5.66. The van der Waals surface area contributed by atoms with Crippen molar-refractivity contribution >= 4 is 44.6 Å². The highest BCUT2D eigenvalue weighted by Crippen LogP contribution is 2.26. The first kappa shape index (κ1) is 18.6. The van der Waals surface area contributed by atoms with Crippen LogP contribution in [-0.2, 0) is 9.53 Å². The SMILES string of the molecule is O=C(CN1CCOCC1)Nc1ccc(NC(=O)c2cc3ccccc3s2)cc1. The van der Waals surface area contributed by atoms with Crippen LogP contribution in [-0.4, -0.2) is 49.6 Å². The minimum absolute atomic E-state index is 0.0519. The second-order valence-corrected chi connectivity index (χ2v) is 7.70. The smallest absolute Gasteiger partial charge is 0.265 e. The van der Waals surface area contributed by atoms with Crippen molar-refractivity contribution in [1.29, 1.82) is 0 Å². The maximum atomic E-state index is 12.5. The number of rotatable bonds is 5. The largest absolute Gasteiger partial charge is 0.379 e. The van der Waals surface area contributed by atoms with Gasteiger partial charge in [0.1, 0.15) is 0 Å². The van der Waals surface area contributed by atoms with E-state index >= 15 is 0 Å². The van der Waals surface area contributed by atoms with Crippen molar-refractivity contribution in [3.63, 3.8) is 0 Å². The summed E-state index contributed by atoms with van der Waals surface area (Å²) in [6.45, 7) is 3.24. The summed E-state index contributed by atoms with van der Waals surface area (Å²) in [6, 6.07) is 17.0. The maximum Gasteiger partial charge on any atom is 0.265 e. The third-order valence-corrected chi connectivity index (χ3v) is 5.66. The molecule has 0 aliphatic carbocycles. The third-order valence-electron chi connectivity index (χ3n) is 4.55. The fourth-order valence-corrected chi connectivity index (χ4v) is 4.04. The Bertz CT molecular complexity index is 945. The highest BCUT2D eigenvalue weighted by Gasteiger charge is 2.14. The van der Waals surface area contributed by atoms with Gasteiger partial charge in [0.2, 0.25) is 5.91 Å². The van der Waals surface area contributed by atoms with Crippen molar-refractivity contribution in [2.75, 3.05) is 43.5 Å². The van der Waals surface area contributed by atoms with Crippen LogP contribution in [0.1, 0.15) is 9.67 Å². The number of nitrogens with zero attached hydrogens (tertiary/aromatic N) is 1. The number of benzene rings is 2. The number of fused-ring (bicyclic) bond motifs is 1. The Labute approximate surface area is 167 Å². The molecule has 1 aromatic heterocycles. The normalized spacial score (nSPS) is 14.7. The lowest BCUT2D eigenvalue weighted by Gasteiger charge is -2.25. The summed E-state index contributed by atoms with van der Waals surface area (Å²) in [6.07, 6.45) is 0. The summed E-state index contributed by atoms with van der Waals surface area (Å²) in [5.41, 5.74) is 1.40. The number of ether oxygens (including phenoxy) is 1. The highest BCUT2D eigenvalue weighted by molar-refractivity contribution is 7.20. The van der Waals surface area contributed by atoms with E-state index < -0.39 is 0 Å². The molecule has 0 atom stereocenters. The zero-order valence-electron chi connectivity index (χ0n) is 15.3. The molecule has 2 heterocycles. The average molecular weight is 395 g/mol. The second kappa shape index (κ2) is 8.52. The van der Waals surface area contributed by atoms with Crippen LogP contribution in [0.5, 0.6) is 0 Å². The standard InChI is InChI=1S/C21H21N3O3S/c25-20(14-24-9-11-27-12-10-24)22-16-5-7-17(8-6-16)23-21(26)19-13-15-3-1-2-4-18(15)28-19/h1-8,13H,9-12,14H2,(H,22,25)(H,23,26). The second-order valence-electron chi connectivity index (χ2n) is 6.62. The molecule has 2 amide bonds. The zero-order chi connectivity index (χ0) is 19.3. The van der Waals surface area contributed by atoms with Gasteiger partial charge < -0.3 is 15.4 Å². The van der Waals surface area contributed by atoms with Crippen molar-refractivity contribution < 1.29 is 14.3 Å². The van der Waals surface area contributed by atoms with Gasteiger partial charge in [-0.1, -0.05) is 18.2 Å². The molecule has 1 fully saturated rings. The van der Waals surface area contributed by atoms with Crippen molar-refractivity contribution in [2.45, 2.75) is 0 Å². The summed E-state index contributed by atoms with van der Waals surface area (Å²) < 4.78 is 6.38. The number of amides is 2. The van der Waals surface area contributed by atoms with Gasteiger partial charge in [0.15, 0.2) is 0 Å². The van der Waals surface area contributed by atoms with E-state index in [4.69, 9.17) is 4.74 Å². The topological polar surface area (TPSA) is 70.7 Å². The molecule has 1 saturated heterocycles. The lowest BCUT2D eigenvalue weighted by Crippen LogP contribution is -2.41. The number of hydrogen-bond donors (Lipinski definition) is 2. The van der Waals surface area contributed by atoms with E-state index in [1.54, 1.807) is 24.3 Å². The minimum Gasteiger partial charge on any atom is -0.379 e. The van der Waals surface area contributed by atoms with Crippen LogP contribution >= 0.6 is 11.3 Å². The van der Waals surface area contributed by atoms with Crippen LogP contribution < -0.4 is 10.6 Å². The predicted octanol–water partition coefficient (Wildman–Crippen LogP) is 3.42. The molecule has 1 aliphatic heterocycles. The number of carbonyl (C=O) groups excluding carboxylic acids is 2. The molecule has 0 spiro atoms. The zero-order valence-corrected chi connectivity index (χ0v) is 16.1. The lowest BCUT2D eigenvalue weighted by molar-refractivity contribution is -0.118. The van der Waals surface area contributed by atoms with E-state index in [9.17, 15) is 9.59 Å². The van der Waals surface area contributed by atoms with Crippen LogP contribution in [0.25, 0.3) is 10.1 Å². The Morgan fingerprint density at radius 1 is 0.964 bits per heavy atom. The molecule has 2 aromatic carbocycles. The van der Waals surface area contributed by atoms with Crippen molar-refractivity contribution in [1.82, 2.24) is 4.90 Å². The molecule has 1 aliphatic rings. The number of thiophene rings is 1. The van der Waals surface area contributed by atoms with Gasteiger partial charge in [-0.3, -0.25) is 14.5 Å². The molecular formula is C21H21N3O3S. The van der Waals surface area contributed by atoms with Gasteiger partial charge in [0, 0.05) is 29.2 Å². The Morgan fingerprint density at radius 2 is 1.64 bits per heavy atom. The first-order valence-electron chi connectivity index (χ1n) is 9.17. The molecular weight excluding hydrogens is 374 g/mol. The maximum absolute atomic E-state index is 12.5. The summed E-state index contributed by atoms with van der Waals surface area (Å²) in [5.74, 6) is -0.186. The van der Waals surface area contributed by atoms with E-state index in [1.165, 1.54) is 11.3 Å². The van der Waals surface area contributed by atoms with Gasteiger partial charge in [-0.2, -0.15) is 0 Å². The van der Waals surface area contributed by atoms with Gasteiger partial charge in [-0.15, -0.1) is 11.3 Å². The number of hydrogen-bond acceptors (Lipinski definition) is 5. The van der Waals surface area contributed by atoms with Gasteiger partial charge in [0.05, 0.1) is 24.6 Å². The molecule has 144 valence electrons. The van der Waals surface area contributed by atoms with Gasteiger partial charge >= 0.3 is 0 Å². The Morgan fingerprint density at radius 3 is 2.36 bits per heavy atom. The molecule has 3 aromatic rings. The van der Waals surface area contributed by atoms with Crippen molar-refractivity contribution in [2.24, 2.45) is 0 Å². The van der Waals surface area contributed by atoms with Gasteiger partial charge in [0.25, 0.3) is 5.91 Å². The Hall–Kier alpha value is -2.74. The number of carbonyl (C=O) groups is 2. The van der Waals surface area contributed by atoms with Crippen LogP contribution in [0.15, 0.2) is 54.6 Å². The highest BCUT2D eigenvalue weighted by atomic mass is 32.1. The molecule has 0 radical (unpaired) electrons. The van der Waals surface area contributed by atoms with Crippen LogP contribution in [0.4, 0.5) is 11.4 Å². The van der Waals surface area contributed by atoms with Gasteiger partial charge in [-0.25, -0.2) is 0 Å². The monoisotopic (exact) mass is 395 g/mol. The summed E-state index contributed by atoms with van der Waals surface area (Å²) in [7, 11) is 0. The van der Waals surface area contributed by atoms with Crippen LogP contribution in [0, 0.1) is 0 Å². The van der Waals surface area contributed by atoms with E-state index in [0.29, 0.717) is 36.0 Å². The first-order chi connectivity index (χ1) is 13.7. The van der Waals surface area contributed by atoms with Crippen molar-refractivity contribution in [3.05, 3.63) is 59.5 Å². The molecule has 28 heavy (non-hydrogen) atoms. The molecule has 0 bridgehead atoms. The molecule has 0 saturated carbocycles. The fraction of sp³-hybridized carbons (Fsp3) is 0.238. The fourth-order valence-electron chi connectivity index (χ4n) is 3.09. The third kappa shape index (κ3) is 4.56. The molecule has 4 rings (SSSR count). The molecule has 6 nitrogen and oxygen atoms in total. The van der Waals surface area contributed by atoms with Crippen LogP contribution in [0.3, 0.4) is 0 Å². The van der Waals surface area contributed by atoms with E-state index in [0.717, 1.165) is 23.2 Å². The summed E-state index contributed by atoms with van der Waals surface area (Å²) in [5, 5.41) is 6.85. The summed E-state index contributed by atoms with van der Waals surface area (Å²) in [4.78, 5) is 27.4.